The van der Waals surface area contributed by atoms with Gasteiger partial charge < -0.3 is 10.5 Å². The lowest BCUT2D eigenvalue weighted by Gasteiger charge is -2.10. The summed E-state index contributed by atoms with van der Waals surface area (Å²) in [7, 11) is 0. The zero-order valence-electron chi connectivity index (χ0n) is 10.5. The predicted molar refractivity (Wildman–Crippen MR) is 80.7 cm³/mol. The summed E-state index contributed by atoms with van der Waals surface area (Å²) < 4.78 is 6.64. The lowest BCUT2D eigenvalue weighted by atomic mass is 10.2. The van der Waals surface area contributed by atoms with Crippen molar-refractivity contribution in [3.8, 4) is 11.6 Å². The Kier molecular flexibility index (Phi) is 4.80. The maximum absolute atomic E-state index is 6.12. The molecule has 19 heavy (non-hydrogen) atoms. The molecule has 0 spiro atoms. The minimum atomic E-state index is 0.458. The van der Waals surface area contributed by atoms with Crippen LogP contribution < -0.4 is 10.5 Å². The van der Waals surface area contributed by atoms with E-state index >= 15 is 0 Å². The summed E-state index contributed by atoms with van der Waals surface area (Å²) in [6.45, 7) is 2.50. The smallest absolute Gasteiger partial charge is 0.219 e. The van der Waals surface area contributed by atoms with Gasteiger partial charge in [0.1, 0.15) is 5.75 Å². The van der Waals surface area contributed by atoms with Crippen LogP contribution in [0.5, 0.6) is 11.6 Å². The summed E-state index contributed by atoms with van der Waals surface area (Å²) in [6.07, 6.45) is 0.832. The van der Waals surface area contributed by atoms with Crippen molar-refractivity contribution in [1.82, 2.24) is 4.98 Å². The molecule has 0 aliphatic rings. The Morgan fingerprint density at radius 3 is 2.74 bits per heavy atom. The van der Waals surface area contributed by atoms with Crippen molar-refractivity contribution < 1.29 is 4.74 Å². The normalized spacial score (nSPS) is 10.5. The Hall–Kier alpha value is -1.10. The first-order valence-corrected chi connectivity index (χ1v) is 7.12. The average molecular weight is 342 g/mol. The summed E-state index contributed by atoms with van der Waals surface area (Å²) in [5, 5.41) is 0.535. The minimum Gasteiger partial charge on any atom is -0.437 e. The van der Waals surface area contributed by atoms with E-state index in [9.17, 15) is 0 Å². The van der Waals surface area contributed by atoms with Crippen molar-refractivity contribution in [2.75, 3.05) is 0 Å². The molecule has 0 fully saturated rings. The molecular formula is C14H14BrClN2O. The second-order valence-electron chi connectivity index (χ2n) is 4.04. The number of rotatable bonds is 4. The van der Waals surface area contributed by atoms with Crippen molar-refractivity contribution >= 4 is 27.5 Å². The molecule has 100 valence electrons. The van der Waals surface area contributed by atoms with E-state index in [0.29, 0.717) is 23.2 Å². The van der Waals surface area contributed by atoms with E-state index in [-0.39, 0.29) is 0 Å². The van der Waals surface area contributed by atoms with Gasteiger partial charge in [0.25, 0.3) is 0 Å². The monoisotopic (exact) mass is 340 g/mol. The molecule has 1 heterocycles. The molecule has 1 aromatic carbocycles. The third-order valence-corrected chi connectivity index (χ3v) is 3.41. The van der Waals surface area contributed by atoms with Crippen LogP contribution in [-0.2, 0) is 13.0 Å². The summed E-state index contributed by atoms with van der Waals surface area (Å²) in [4.78, 5) is 4.41. The molecule has 0 bridgehead atoms. The average Bonchev–Trinajstić information content (AvgIpc) is 2.41. The second kappa shape index (κ2) is 6.37. The number of pyridine rings is 1. The number of aromatic nitrogens is 1. The molecule has 2 aromatic rings. The third-order valence-electron chi connectivity index (χ3n) is 2.62. The van der Waals surface area contributed by atoms with Gasteiger partial charge in [0, 0.05) is 22.8 Å². The topological polar surface area (TPSA) is 48.1 Å². The fourth-order valence-electron chi connectivity index (χ4n) is 1.64. The maximum Gasteiger partial charge on any atom is 0.219 e. The molecule has 0 unspecified atom stereocenters. The van der Waals surface area contributed by atoms with Gasteiger partial charge in [0.05, 0.1) is 5.02 Å². The predicted octanol–water partition coefficient (Wildman–Crippen LogP) is 4.31. The molecule has 0 aliphatic heterocycles. The number of hydrogen-bond donors (Lipinski definition) is 1. The molecule has 0 aliphatic carbocycles. The summed E-state index contributed by atoms with van der Waals surface area (Å²) in [6, 6.07) is 9.27. The number of aryl methyl sites for hydroxylation is 1. The van der Waals surface area contributed by atoms with Gasteiger partial charge in [0.2, 0.25) is 5.88 Å². The fraction of sp³-hybridized carbons (Fsp3) is 0.214. The van der Waals surface area contributed by atoms with E-state index in [4.69, 9.17) is 22.1 Å². The van der Waals surface area contributed by atoms with Gasteiger partial charge in [-0.2, -0.15) is 0 Å². The quantitative estimate of drug-likeness (QED) is 0.901. The lowest BCUT2D eigenvalue weighted by molar-refractivity contribution is 0.460. The zero-order chi connectivity index (χ0) is 13.8. The van der Waals surface area contributed by atoms with Crippen LogP contribution in [0.2, 0.25) is 5.02 Å². The molecule has 5 heteroatoms. The Balaban J connectivity index is 2.31. The van der Waals surface area contributed by atoms with E-state index in [1.54, 1.807) is 12.1 Å². The van der Waals surface area contributed by atoms with Gasteiger partial charge in [-0.1, -0.05) is 34.5 Å². The van der Waals surface area contributed by atoms with E-state index in [1.165, 1.54) is 0 Å². The van der Waals surface area contributed by atoms with Gasteiger partial charge in [-0.3, -0.25) is 0 Å². The van der Waals surface area contributed by atoms with E-state index in [2.05, 4.69) is 20.9 Å². The first kappa shape index (κ1) is 14.3. The van der Waals surface area contributed by atoms with Crippen LogP contribution in [0.4, 0.5) is 0 Å². The maximum atomic E-state index is 6.12. The fourth-order valence-corrected chi connectivity index (χ4v) is 2.35. The molecule has 1 aromatic heterocycles. The number of benzene rings is 1. The highest BCUT2D eigenvalue weighted by atomic mass is 79.9. The van der Waals surface area contributed by atoms with Gasteiger partial charge in [-0.15, -0.1) is 0 Å². The highest BCUT2D eigenvalue weighted by molar-refractivity contribution is 9.10. The SMILES string of the molecule is CCc1cc(CN)cc(Oc2ccc(Br)cc2Cl)n1. The van der Waals surface area contributed by atoms with Crippen LogP contribution in [0.1, 0.15) is 18.2 Å². The van der Waals surface area contributed by atoms with Crippen molar-refractivity contribution in [1.29, 1.82) is 0 Å². The molecule has 2 rings (SSSR count). The third kappa shape index (κ3) is 3.69. The molecule has 0 saturated carbocycles. The van der Waals surface area contributed by atoms with Crippen LogP contribution in [0.15, 0.2) is 34.8 Å². The number of ether oxygens (including phenoxy) is 1. The van der Waals surface area contributed by atoms with Crippen LogP contribution in [0.25, 0.3) is 0 Å². The van der Waals surface area contributed by atoms with Crippen molar-refractivity contribution in [2.24, 2.45) is 5.73 Å². The number of hydrogen-bond acceptors (Lipinski definition) is 3. The molecule has 2 N–H and O–H groups in total. The number of halogens is 2. The molecular weight excluding hydrogens is 328 g/mol. The summed E-state index contributed by atoms with van der Waals surface area (Å²) in [5.41, 5.74) is 7.62. The molecule has 0 amide bonds. The van der Waals surface area contributed by atoms with Crippen LogP contribution in [-0.4, -0.2) is 4.98 Å². The molecule has 0 radical (unpaired) electrons. The lowest BCUT2D eigenvalue weighted by Crippen LogP contribution is -2.01. The first-order chi connectivity index (χ1) is 9.12. The summed E-state index contributed by atoms with van der Waals surface area (Å²) in [5.74, 6) is 1.10. The molecule has 0 atom stereocenters. The van der Waals surface area contributed by atoms with E-state index in [0.717, 1.165) is 22.2 Å². The van der Waals surface area contributed by atoms with Crippen LogP contribution in [0, 0.1) is 0 Å². The Morgan fingerprint density at radius 1 is 1.32 bits per heavy atom. The zero-order valence-corrected chi connectivity index (χ0v) is 12.8. The van der Waals surface area contributed by atoms with Gasteiger partial charge in [-0.05, 0) is 36.2 Å². The summed E-state index contributed by atoms with van der Waals surface area (Å²) >= 11 is 9.47. The van der Waals surface area contributed by atoms with Crippen molar-refractivity contribution in [3.63, 3.8) is 0 Å². The largest absolute Gasteiger partial charge is 0.437 e. The first-order valence-electron chi connectivity index (χ1n) is 5.95. The standard InChI is InChI=1S/C14H14BrClN2O/c1-2-11-5-9(8-17)6-14(18-11)19-13-4-3-10(15)7-12(13)16/h3-7H,2,8,17H2,1H3. The highest BCUT2D eigenvalue weighted by Crippen LogP contribution is 2.31. The van der Waals surface area contributed by atoms with Crippen LogP contribution >= 0.6 is 27.5 Å². The number of nitrogens with two attached hydrogens (primary N) is 1. The number of nitrogens with zero attached hydrogens (tertiary/aromatic N) is 1. The molecule has 0 saturated heterocycles. The van der Waals surface area contributed by atoms with Crippen molar-refractivity contribution in [3.05, 3.63) is 51.1 Å². The van der Waals surface area contributed by atoms with Crippen molar-refractivity contribution in [2.45, 2.75) is 19.9 Å². The van der Waals surface area contributed by atoms with Gasteiger partial charge in [0.15, 0.2) is 0 Å². The van der Waals surface area contributed by atoms with E-state index < -0.39 is 0 Å². The van der Waals surface area contributed by atoms with Gasteiger partial charge in [-0.25, -0.2) is 4.98 Å². The Morgan fingerprint density at radius 2 is 2.11 bits per heavy atom. The Labute approximate surface area is 125 Å². The van der Waals surface area contributed by atoms with Gasteiger partial charge >= 0.3 is 0 Å². The highest BCUT2D eigenvalue weighted by Gasteiger charge is 2.07. The Bertz CT molecular complexity index is 567. The van der Waals surface area contributed by atoms with E-state index in [1.807, 2.05) is 25.1 Å². The second-order valence-corrected chi connectivity index (χ2v) is 5.36. The van der Waals surface area contributed by atoms with Crippen LogP contribution in [0.3, 0.4) is 0 Å². The minimum absolute atomic E-state index is 0.458. The molecule has 3 nitrogen and oxygen atoms in total.